The molecule has 3 aliphatic rings. The van der Waals surface area contributed by atoms with Gasteiger partial charge in [-0.05, 0) is 49.3 Å². The van der Waals surface area contributed by atoms with Crippen LogP contribution < -0.4 is 15.5 Å². The van der Waals surface area contributed by atoms with Gasteiger partial charge in [-0.25, -0.2) is 0 Å². The Labute approximate surface area is 182 Å². The first-order valence-electron chi connectivity index (χ1n) is 12.0. The van der Waals surface area contributed by atoms with Gasteiger partial charge in [0.15, 0.2) is 5.96 Å². The highest BCUT2D eigenvalue weighted by molar-refractivity contribution is 5.80. The minimum atomic E-state index is 0.531. The third-order valence-corrected chi connectivity index (χ3v) is 6.97. The average Bonchev–Trinajstić information content (AvgIpc) is 3.34. The molecule has 5 nitrogen and oxygen atoms in total. The van der Waals surface area contributed by atoms with E-state index in [1.807, 2.05) is 7.05 Å². The topological polar surface area (TPSA) is 42.9 Å². The minimum absolute atomic E-state index is 0.531. The maximum atomic E-state index is 4.45. The molecule has 0 atom stereocenters. The fraction of sp³-hybridized carbons (Fsp3) is 0.640. The number of piperidine rings is 1. The second kappa shape index (κ2) is 10.9. The molecule has 1 aromatic rings. The van der Waals surface area contributed by atoms with E-state index in [4.69, 9.17) is 0 Å². The summed E-state index contributed by atoms with van der Waals surface area (Å²) in [7, 11) is 1.87. The highest BCUT2D eigenvalue weighted by Gasteiger charge is 2.23. The van der Waals surface area contributed by atoms with Gasteiger partial charge in [-0.3, -0.25) is 4.99 Å². The number of hydrogen-bond acceptors (Lipinski definition) is 3. The van der Waals surface area contributed by atoms with E-state index in [-0.39, 0.29) is 0 Å². The Kier molecular flexibility index (Phi) is 7.68. The molecular weight excluding hydrogens is 370 g/mol. The molecular formula is C25H39N5. The number of benzene rings is 1. The lowest BCUT2D eigenvalue weighted by atomic mass is 9.88. The van der Waals surface area contributed by atoms with Crippen LogP contribution in [0.15, 0.2) is 41.4 Å². The number of hydrogen-bond donors (Lipinski definition) is 2. The van der Waals surface area contributed by atoms with Gasteiger partial charge >= 0.3 is 0 Å². The molecule has 0 amide bonds. The second-order valence-corrected chi connectivity index (χ2v) is 9.19. The molecule has 4 rings (SSSR count). The van der Waals surface area contributed by atoms with Crippen LogP contribution in [0.4, 0.5) is 5.69 Å². The van der Waals surface area contributed by atoms with Crippen molar-refractivity contribution < 1.29 is 0 Å². The van der Waals surface area contributed by atoms with Gasteiger partial charge in [0, 0.05) is 58.0 Å². The van der Waals surface area contributed by atoms with Crippen LogP contribution in [0.25, 0.3) is 0 Å². The Bertz CT molecular complexity index is 689. The molecule has 0 spiro atoms. The van der Waals surface area contributed by atoms with Crippen LogP contribution >= 0.6 is 0 Å². The van der Waals surface area contributed by atoms with Crippen molar-refractivity contribution in [3.8, 4) is 0 Å². The molecule has 2 aliphatic heterocycles. The highest BCUT2D eigenvalue weighted by atomic mass is 15.2. The third-order valence-electron chi connectivity index (χ3n) is 6.97. The molecule has 0 unspecified atom stereocenters. The van der Waals surface area contributed by atoms with Gasteiger partial charge in [-0.2, -0.15) is 0 Å². The fourth-order valence-electron chi connectivity index (χ4n) is 5.08. The minimum Gasteiger partial charge on any atom is -0.364 e. The van der Waals surface area contributed by atoms with Crippen LogP contribution in [0.2, 0.25) is 0 Å². The van der Waals surface area contributed by atoms with E-state index >= 15 is 0 Å². The summed E-state index contributed by atoms with van der Waals surface area (Å²) >= 11 is 0. The number of nitrogens with one attached hydrogen (secondary N) is 2. The predicted octanol–water partition coefficient (Wildman–Crippen LogP) is 3.77. The van der Waals surface area contributed by atoms with Crippen LogP contribution in [0.5, 0.6) is 0 Å². The first-order valence-corrected chi connectivity index (χ1v) is 12.0. The summed E-state index contributed by atoms with van der Waals surface area (Å²) in [6.07, 6.45) is 14.1. The summed E-state index contributed by atoms with van der Waals surface area (Å²) in [6.45, 7) is 6.61. The quantitative estimate of drug-likeness (QED) is 0.426. The molecule has 164 valence electrons. The molecule has 0 radical (unpaired) electrons. The Morgan fingerprint density at radius 3 is 2.33 bits per heavy atom. The maximum Gasteiger partial charge on any atom is 0.191 e. The Hall–Kier alpha value is -2.01. The summed E-state index contributed by atoms with van der Waals surface area (Å²) < 4.78 is 0. The second-order valence-electron chi connectivity index (χ2n) is 9.19. The van der Waals surface area contributed by atoms with Crippen LogP contribution in [0.1, 0.15) is 50.5 Å². The summed E-state index contributed by atoms with van der Waals surface area (Å²) in [5.74, 6) is 1.87. The largest absolute Gasteiger partial charge is 0.364 e. The van der Waals surface area contributed by atoms with Crippen molar-refractivity contribution in [3.05, 3.63) is 42.0 Å². The van der Waals surface area contributed by atoms with Gasteiger partial charge in [0.25, 0.3) is 0 Å². The first-order chi connectivity index (χ1) is 14.8. The monoisotopic (exact) mass is 409 g/mol. The fourth-order valence-corrected chi connectivity index (χ4v) is 5.08. The zero-order chi connectivity index (χ0) is 20.6. The van der Waals surface area contributed by atoms with E-state index in [0.717, 1.165) is 31.5 Å². The molecule has 0 bridgehead atoms. The summed E-state index contributed by atoms with van der Waals surface area (Å²) in [6, 6.07) is 9.42. The Morgan fingerprint density at radius 2 is 1.67 bits per heavy atom. The lowest BCUT2D eigenvalue weighted by Crippen LogP contribution is -2.49. The SMILES string of the molecule is CN=C(NCc1ccc(N2CC=CC2)cc1)NC1CCN(CC2CCCCC2)CC1. The van der Waals surface area contributed by atoms with E-state index in [1.165, 1.54) is 75.8 Å². The van der Waals surface area contributed by atoms with Crippen molar-refractivity contribution in [2.75, 3.05) is 44.7 Å². The number of rotatable bonds is 6. The first kappa shape index (κ1) is 21.2. The van der Waals surface area contributed by atoms with Gasteiger partial charge in [0.1, 0.15) is 0 Å². The van der Waals surface area contributed by atoms with Crippen LogP contribution in [0, 0.1) is 5.92 Å². The number of anilines is 1. The smallest absolute Gasteiger partial charge is 0.191 e. The standard InChI is InChI=1S/C25H39N5/c1-26-25(27-19-21-9-11-24(12-10-21)30-15-5-6-16-30)28-23-13-17-29(18-14-23)20-22-7-3-2-4-8-22/h5-6,9-12,22-23H,2-4,7-8,13-20H2,1H3,(H2,26,27,28). The molecule has 1 aliphatic carbocycles. The highest BCUT2D eigenvalue weighted by Crippen LogP contribution is 2.25. The molecule has 2 N–H and O–H groups in total. The molecule has 30 heavy (non-hydrogen) atoms. The summed E-state index contributed by atoms with van der Waals surface area (Å²) in [4.78, 5) is 9.52. The normalized spacial score (nSPS) is 21.9. The lowest BCUT2D eigenvalue weighted by molar-refractivity contribution is 0.160. The average molecular weight is 410 g/mol. The van der Waals surface area contributed by atoms with Crippen molar-refractivity contribution >= 4 is 11.6 Å². The summed E-state index contributed by atoms with van der Waals surface area (Å²) in [5.41, 5.74) is 2.59. The molecule has 1 aromatic carbocycles. The van der Waals surface area contributed by atoms with Crippen molar-refractivity contribution in [1.82, 2.24) is 15.5 Å². The molecule has 1 saturated carbocycles. The number of aliphatic imine (C=N–C) groups is 1. The Balaban J connectivity index is 1.17. The Morgan fingerprint density at radius 1 is 0.967 bits per heavy atom. The van der Waals surface area contributed by atoms with Crippen molar-refractivity contribution in [3.63, 3.8) is 0 Å². The van der Waals surface area contributed by atoms with Crippen LogP contribution in [-0.4, -0.2) is 56.7 Å². The lowest BCUT2D eigenvalue weighted by Gasteiger charge is -2.36. The van der Waals surface area contributed by atoms with Crippen molar-refractivity contribution in [1.29, 1.82) is 0 Å². The van der Waals surface area contributed by atoms with Gasteiger partial charge in [-0.15, -0.1) is 0 Å². The van der Waals surface area contributed by atoms with Gasteiger partial charge in [-0.1, -0.05) is 43.5 Å². The number of nitrogens with zero attached hydrogens (tertiary/aromatic N) is 3. The molecule has 2 fully saturated rings. The summed E-state index contributed by atoms with van der Waals surface area (Å²) in [5, 5.41) is 7.15. The van der Waals surface area contributed by atoms with Crippen LogP contribution in [0.3, 0.4) is 0 Å². The molecule has 2 heterocycles. The van der Waals surface area contributed by atoms with Crippen molar-refractivity contribution in [2.24, 2.45) is 10.9 Å². The third kappa shape index (κ3) is 6.00. The number of guanidine groups is 1. The zero-order valence-electron chi connectivity index (χ0n) is 18.7. The van der Waals surface area contributed by atoms with Crippen LogP contribution in [-0.2, 0) is 6.54 Å². The number of likely N-dealkylation sites (tertiary alicyclic amines) is 1. The van der Waals surface area contributed by atoms with Gasteiger partial charge in [0.2, 0.25) is 0 Å². The van der Waals surface area contributed by atoms with E-state index in [0.29, 0.717) is 6.04 Å². The predicted molar refractivity (Wildman–Crippen MR) is 127 cm³/mol. The molecule has 5 heteroatoms. The van der Waals surface area contributed by atoms with Gasteiger partial charge in [0.05, 0.1) is 0 Å². The zero-order valence-corrected chi connectivity index (χ0v) is 18.7. The molecule has 1 saturated heterocycles. The van der Waals surface area contributed by atoms with E-state index in [9.17, 15) is 0 Å². The van der Waals surface area contributed by atoms with Gasteiger partial charge < -0.3 is 20.4 Å². The van der Waals surface area contributed by atoms with E-state index in [1.54, 1.807) is 0 Å². The van der Waals surface area contributed by atoms with E-state index < -0.39 is 0 Å². The molecule has 0 aromatic heterocycles. The van der Waals surface area contributed by atoms with E-state index in [2.05, 4.69) is 61.8 Å². The van der Waals surface area contributed by atoms with Crippen molar-refractivity contribution in [2.45, 2.75) is 57.5 Å². The maximum absolute atomic E-state index is 4.45.